The fraction of sp³-hybridized carbons (Fsp3) is 0.846. The first-order chi connectivity index (χ1) is 9.27. The van der Waals surface area contributed by atoms with Crippen molar-refractivity contribution in [3.05, 3.63) is 12.2 Å². The van der Waals surface area contributed by atoms with Crippen molar-refractivity contribution in [1.82, 2.24) is 20.1 Å². The van der Waals surface area contributed by atoms with Gasteiger partial charge in [0, 0.05) is 24.8 Å². The number of hydrogen-bond acceptors (Lipinski definition) is 5. The van der Waals surface area contributed by atoms with Gasteiger partial charge in [-0.15, -0.1) is 0 Å². The van der Waals surface area contributed by atoms with Crippen LogP contribution in [0.15, 0.2) is 6.33 Å². The summed E-state index contributed by atoms with van der Waals surface area (Å²) in [6.45, 7) is 8.67. The van der Waals surface area contributed by atoms with E-state index in [1.165, 1.54) is 12.6 Å². The Morgan fingerprint density at radius 2 is 2.00 bits per heavy atom. The van der Waals surface area contributed by atoms with E-state index < -0.39 is 15.1 Å². The highest BCUT2D eigenvalue weighted by Crippen LogP contribution is 2.13. The van der Waals surface area contributed by atoms with E-state index in [9.17, 15) is 8.42 Å². The van der Waals surface area contributed by atoms with Crippen LogP contribution >= 0.6 is 0 Å². The smallest absolute Gasteiger partial charge is 0.151 e. The van der Waals surface area contributed by atoms with Crippen LogP contribution < -0.4 is 5.32 Å². The maximum Gasteiger partial charge on any atom is 0.151 e. The molecule has 0 spiro atoms. The Kier molecular flexibility index (Phi) is 6.13. The Labute approximate surface area is 121 Å². The molecule has 0 saturated heterocycles. The highest BCUT2D eigenvalue weighted by atomic mass is 32.2. The van der Waals surface area contributed by atoms with Gasteiger partial charge >= 0.3 is 0 Å². The van der Waals surface area contributed by atoms with Gasteiger partial charge in [0.15, 0.2) is 9.84 Å². The Balaban J connectivity index is 2.92. The van der Waals surface area contributed by atoms with Gasteiger partial charge in [0.2, 0.25) is 0 Å². The van der Waals surface area contributed by atoms with Crippen LogP contribution in [0.2, 0.25) is 0 Å². The molecule has 0 saturated carbocycles. The minimum atomic E-state index is -3.09. The molecule has 20 heavy (non-hydrogen) atoms. The standard InChI is InChI=1S/C13H26N4O2S/c1-6-7-14-12(11(4)20(5,18)19)8-13-15-9-16-17(13)10(2)3/h9-12,14H,6-8H2,1-5H3. The van der Waals surface area contributed by atoms with E-state index in [0.717, 1.165) is 18.8 Å². The Bertz CT molecular complexity index is 510. The minimum Gasteiger partial charge on any atom is -0.312 e. The SMILES string of the molecule is CCCNC(Cc1ncnn1C(C)C)C(C)S(C)(=O)=O. The van der Waals surface area contributed by atoms with Gasteiger partial charge < -0.3 is 5.32 Å². The second-order valence-electron chi connectivity index (χ2n) is 5.51. The fourth-order valence-electron chi connectivity index (χ4n) is 2.08. The molecule has 0 amide bonds. The molecular formula is C13H26N4O2S. The first-order valence-electron chi connectivity index (χ1n) is 7.08. The van der Waals surface area contributed by atoms with Gasteiger partial charge in [-0.25, -0.2) is 18.1 Å². The lowest BCUT2D eigenvalue weighted by Crippen LogP contribution is -2.44. The van der Waals surface area contributed by atoms with Crippen LogP contribution in [0, 0.1) is 0 Å². The monoisotopic (exact) mass is 302 g/mol. The first kappa shape index (κ1) is 17.1. The average molecular weight is 302 g/mol. The summed E-state index contributed by atoms with van der Waals surface area (Å²) in [4.78, 5) is 4.27. The zero-order valence-electron chi connectivity index (χ0n) is 13.0. The summed E-state index contributed by atoms with van der Waals surface area (Å²) in [6, 6.07) is 0.0690. The highest BCUT2D eigenvalue weighted by Gasteiger charge is 2.27. The van der Waals surface area contributed by atoms with E-state index in [2.05, 4.69) is 22.3 Å². The summed E-state index contributed by atoms with van der Waals surface area (Å²) >= 11 is 0. The second kappa shape index (κ2) is 7.17. The summed E-state index contributed by atoms with van der Waals surface area (Å²) in [7, 11) is -3.09. The van der Waals surface area contributed by atoms with Crippen LogP contribution in [0.1, 0.15) is 46.0 Å². The van der Waals surface area contributed by atoms with Crippen molar-refractivity contribution in [2.45, 2.75) is 57.9 Å². The quantitative estimate of drug-likeness (QED) is 0.781. The van der Waals surface area contributed by atoms with Crippen molar-refractivity contribution in [3.63, 3.8) is 0 Å². The molecule has 1 heterocycles. The third kappa shape index (κ3) is 4.56. The predicted molar refractivity (Wildman–Crippen MR) is 80.5 cm³/mol. The topological polar surface area (TPSA) is 76.9 Å². The van der Waals surface area contributed by atoms with Gasteiger partial charge in [-0.05, 0) is 33.7 Å². The number of nitrogens with zero attached hydrogens (tertiary/aromatic N) is 3. The zero-order valence-corrected chi connectivity index (χ0v) is 13.8. The molecule has 1 aromatic rings. The van der Waals surface area contributed by atoms with Crippen LogP contribution in [-0.4, -0.2) is 47.3 Å². The van der Waals surface area contributed by atoms with E-state index in [-0.39, 0.29) is 12.1 Å². The maximum absolute atomic E-state index is 11.8. The van der Waals surface area contributed by atoms with E-state index in [1.54, 1.807) is 6.92 Å². The van der Waals surface area contributed by atoms with Crippen molar-refractivity contribution in [1.29, 1.82) is 0 Å². The van der Waals surface area contributed by atoms with E-state index in [4.69, 9.17) is 0 Å². The molecule has 1 N–H and O–H groups in total. The molecule has 0 fully saturated rings. The molecule has 7 heteroatoms. The van der Waals surface area contributed by atoms with E-state index >= 15 is 0 Å². The van der Waals surface area contributed by atoms with Crippen molar-refractivity contribution < 1.29 is 8.42 Å². The van der Waals surface area contributed by atoms with Crippen LogP contribution in [0.25, 0.3) is 0 Å². The molecule has 116 valence electrons. The summed E-state index contributed by atoms with van der Waals surface area (Å²) in [6.07, 6.45) is 4.33. The van der Waals surface area contributed by atoms with Gasteiger partial charge in [-0.3, -0.25) is 0 Å². The molecule has 0 aliphatic carbocycles. The van der Waals surface area contributed by atoms with Crippen molar-refractivity contribution >= 4 is 9.84 Å². The maximum atomic E-state index is 11.8. The number of nitrogens with one attached hydrogen (secondary N) is 1. The third-order valence-electron chi connectivity index (χ3n) is 3.44. The highest BCUT2D eigenvalue weighted by molar-refractivity contribution is 7.91. The molecule has 0 aliphatic heterocycles. The summed E-state index contributed by atoms with van der Waals surface area (Å²) in [5.74, 6) is 0.823. The second-order valence-corrected chi connectivity index (χ2v) is 7.92. The minimum absolute atomic E-state index is 0.147. The van der Waals surface area contributed by atoms with Gasteiger partial charge in [0.05, 0.1) is 5.25 Å². The average Bonchev–Trinajstić information content (AvgIpc) is 2.80. The molecule has 1 aromatic heterocycles. The zero-order chi connectivity index (χ0) is 15.3. The fourth-order valence-corrected chi connectivity index (χ4v) is 2.87. The molecule has 0 radical (unpaired) electrons. The molecule has 6 nitrogen and oxygen atoms in total. The number of sulfone groups is 1. The van der Waals surface area contributed by atoms with Gasteiger partial charge in [0.25, 0.3) is 0 Å². The Hall–Kier alpha value is -0.950. The first-order valence-corrected chi connectivity index (χ1v) is 9.03. The van der Waals surface area contributed by atoms with Crippen molar-refractivity contribution in [2.24, 2.45) is 0 Å². The molecular weight excluding hydrogens is 276 g/mol. The predicted octanol–water partition coefficient (Wildman–Crippen LogP) is 1.20. The van der Waals surface area contributed by atoms with Crippen LogP contribution in [0.5, 0.6) is 0 Å². The largest absolute Gasteiger partial charge is 0.312 e. The summed E-state index contributed by atoms with van der Waals surface area (Å²) < 4.78 is 25.4. The van der Waals surface area contributed by atoms with E-state index in [1.807, 2.05) is 18.5 Å². The Morgan fingerprint density at radius 1 is 1.35 bits per heavy atom. The lowest BCUT2D eigenvalue weighted by Gasteiger charge is -2.24. The van der Waals surface area contributed by atoms with Gasteiger partial charge in [-0.1, -0.05) is 6.92 Å². The van der Waals surface area contributed by atoms with Crippen molar-refractivity contribution in [2.75, 3.05) is 12.8 Å². The normalized spacial score (nSPS) is 15.5. The molecule has 2 atom stereocenters. The van der Waals surface area contributed by atoms with Crippen LogP contribution in [0.4, 0.5) is 0 Å². The molecule has 0 aromatic carbocycles. The summed E-state index contributed by atoms with van der Waals surface area (Å²) in [5, 5.41) is 7.07. The molecule has 2 unspecified atom stereocenters. The number of rotatable bonds is 8. The third-order valence-corrected chi connectivity index (χ3v) is 5.12. The summed E-state index contributed by atoms with van der Waals surface area (Å²) in [5.41, 5.74) is 0. The lowest BCUT2D eigenvalue weighted by atomic mass is 10.1. The van der Waals surface area contributed by atoms with E-state index in [0.29, 0.717) is 6.42 Å². The molecule has 0 aliphatic rings. The Morgan fingerprint density at radius 3 is 2.50 bits per heavy atom. The van der Waals surface area contributed by atoms with Gasteiger partial charge in [-0.2, -0.15) is 5.10 Å². The van der Waals surface area contributed by atoms with Gasteiger partial charge in [0.1, 0.15) is 12.2 Å². The number of aromatic nitrogens is 3. The molecule has 1 rings (SSSR count). The van der Waals surface area contributed by atoms with Crippen LogP contribution in [0.3, 0.4) is 0 Å². The van der Waals surface area contributed by atoms with Crippen molar-refractivity contribution in [3.8, 4) is 0 Å². The lowest BCUT2D eigenvalue weighted by molar-refractivity contribution is 0.443. The van der Waals surface area contributed by atoms with Crippen LogP contribution in [-0.2, 0) is 16.3 Å². The molecule has 0 bridgehead atoms. The number of hydrogen-bond donors (Lipinski definition) is 1.